The van der Waals surface area contributed by atoms with Crippen LogP contribution in [0.4, 0.5) is 9.93 Å². The summed E-state index contributed by atoms with van der Waals surface area (Å²) in [7, 11) is 0. The van der Waals surface area contributed by atoms with Crippen LogP contribution < -0.4 is 16.4 Å². The van der Waals surface area contributed by atoms with E-state index in [0.717, 1.165) is 10.6 Å². The summed E-state index contributed by atoms with van der Waals surface area (Å²) in [5.74, 6) is -0.616. The largest absolute Gasteiger partial charge is 0.375 e. The smallest absolute Gasteiger partial charge is 0.324 e. The second-order valence-corrected chi connectivity index (χ2v) is 5.86. The summed E-state index contributed by atoms with van der Waals surface area (Å²) in [6, 6.07) is -1.20. The maximum absolute atomic E-state index is 12.0. The molecule has 0 saturated carbocycles. The van der Waals surface area contributed by atoms with Gasteiger partial charge in [0.05, 0.1) is 12.1 Å². The summed E-state index contributed by atoms with van der Waals surface area (Å²) < 4.78 is 0. The Kier molecular flexibility index (Phi) is 5.31. The fourth-order valence-corrected chi connectivity index (χ4v) is 2.77. The quantitative estimate of drug-likeness (QED) is 0.615. The number of anilines is 1. The molecule has 0 aliphatic carbocycles. The number of amides is 4. The summed E-state index contributed by atoms with van der Waals surface area (Å²) in [5.41, 5.74) is 6.34. The van der Waals surface area contributed by atoms with Gasteiger partial charge in [-0.15, -0.1) is 11.3 Å². The molecule has 1 atom stereocenters. The van der Waals surface area contributed by atoms with Gasteiger partial charge in [-0.1, -0.05) is 6.92 Å². The zero-order valence-electron chi connectivity index (χ0n) is 12.3. The first kappa shape index (κ1) is 16.2. The van der Waals surface area contributed by atoms with Crippen molar-refractivity contribution in [2.24, 2.45) is 0 Å². The van der Waals surface area contributed by atoms with E-state index in [1.54, 1.807) is 0 Å². The van der Waals surface area contributed by atoms with Gasteiger partial charge < -0.3 is 16.4 Å². The third-order valence-corrected chi connectivity index (χ3v) is 3.94. The van der Waals surface area contributed by atoms with E-state index in [2.05, 4.69) is 15.6 Å². The molecular weight excluding hydrogens is 306 g/mol. The van der Waals surface area contributed by atoms with Crippen LogP contribution in [0, 0.1) is 0 Å². The van der Waals surface area contributed by atoms with Crippen molar-refractivity contribution in [1.82, 2.24) is 20.5 Å². The highest BCUT2D eigenvalue weighted by molar-refractivity contribution is 7.13. The normalized spacial score (nSPS) is 17.7. The second kappa shape index (κ2) is 7.21. The van der Waals surface area contributed by atoms with Gasteiger partial charge in [-0.25, -0.2) is 9.78 Å². The Bertz CT molecular complexity index is 574. The average Bonchev–Trinajstić information content (AvgIpc) is 2.98. The number of carbonyl (C=O) groups excluding carboxylic acids is 3. The molecule has 2 heterocycles. The average molecular weight is 325 g/mol. The van der Waals surface area contributed by atoms with Gasteiger partial charge >= 0.3 is 6.03 Å². The van der Waals surface area contributed by atoms with Crippen molar-refractivity contribution < 1.29 is 14.4 Å². The number of carbonyl (C=O) groups is 3. The third kappa shape index (κ3) is 3.94. The van der Waals surface area contributed by atoms with Gasteiger partial charge in [0.15, 0.2) is 5.13 Å². The summed E-state index contributed by atoms with van der Waals surface area (Å²) >= 11 is 1.35. The number of thiazole rings is 1. The van der Waals surface area contributed by atoms with Crippen molar-refractivity contribution >= 4 is 34.3 Å². The van der Waals surface area contributed by atoms with E-state index in [4.69, 9.17) is 5.73 Å². The SMILES string of the molecule is CCCN1C(=O)N[C@@H](CC(=O)NCCc2csc(N)n2)C1=O. The van der Waals surface area contributed by atoms with Crippen LogP contribution in [0.3, 0.4) is 0 Å². The number of imide groups is 1. The van der Waals surface area contributed by atoms with E-state index < -0.39 is 12.1 Å². The van der Waals surface area contributed by atoms with Crippen molar-refractivity contribution in [3.63, 3.8) is 0 Å². The standard InChI is InChI=1S/C13H19N5O3S/c1-2-5-18-11(20)9(17-13(18)21)6-10(19)15-4-3-8-7-22-12(14)16-8/h7,9H,2-6H2,1H3,(H2,14,16)(H,15,19)(H,17,21)/t9-/m0/s1. The zero-order valence-corrected chi connectivity index (χ0v) is 13.1. The van der Waals surface area contributed by atoms with E-state index in [0.29, 0.717) is 31.1 Å². The molecule has 1 aromatic rings. The third-order valence-electron chi connectivity index (χ3n) is 3.22. The van der Waals surface area contributed by atoms with Crippen LogP contribution in [0.5, 0.6) is 0 Å². The van der Waals surface area contributed by atoms with Crippen LogP contribution in [-0.2, 0) is 16.0 Å². The number of aromatic nitrogens is 1. The highest BCUT2D eigenvalue weighted by Crippen LogP contribution is 2.11. The molecule has 0 unspecified atom stereocenters. The van der Waals surface area contributed by atoms with E-state index in [-0.39, 0.29) is 18.2 Å². The molecule has 4 amide bonds. The van der Waals surface area contributed by atoms with Gasteiger partial charge in [-0.3, -0.25) is 14.5 Å². The molecule has 0 bridgehead atoms. The number of hydrogen-bond donors (Lipinski definition) is 3. The molecular formula is C13H19N5O3S. The predicted molar refractivity (Wildman–Crippen MR) is 82.2 cm³/mol. The molecule has 0 aromatic carbocycles. The number of nitrogens with one attached hydrogen (secondary N) is 2. The molecule has 1 fully saturated rings. The first-order valence-electron chi connectivity index (χ1n) is 7.09. The van der Waals surface area contributed by atoms with Crippen LogP contribution in [0.1, 0.15) is 25.5 Å². The van der Waals surface area contributed by atoms with E-state index in [9.17, 15) is 14.4 Å². The van der Waals surface area contributed by atoms with Crippen LogP contribution in [0.25, 0.3) is 0 Å². The van der Waals surface area contributed by atoms with E-state index in [1.165, 1.54) is 11.3 Å². The molecule has 1 saturated heterocycles. The van der Waals surface area contributed by atoms with E-state index in [1.807, 2.05) is 12.3 Å². The van der Waals surface area contributed by atoms with Gasteiger partial charge in [0.25, 0.3) is 5.91 Å². The Morgan fingerprint density at radius 3 is 2.95 bits per heavy atom. The predicted octanol–water partition coefficient (Wildman–Crippen LogP) is 0.105. The van der Waals surface area contributed by atoms with Gasteiger partial charge in [0, 0.05) is 24.9 Å². The van der Waals surface area contributed by atoms with Crippen LogP contribution in [-0.4, -0.2) is 46.9 Å². The minimum absolute atomic E-state index is 0.0516. The Balaban J connectivity index is 1.75. The second-order valence-electron chi connectivity index (χ2n) is 4.97. The number of rotatable bonds is 7. The monoisotopic (exact) mass is 325 g/mol. The molecule has 4 N–H and O–H groups in total. The molecule has 120 valence electrons. The minimum Gasteiger partial charge on any atom is -0.375 e. The van der Waals surface area contributed by atoms with Crippen molar-refractivity contribution in [3.05, 3.63) is 11.1 Å². The van der Waals surface area contributed by atoms with Crippen molar-refractivity contribution in [1.29, 1.82) is 0 Å². The summed E-state index contributed by atoms with van der Waals surface area (Å²) in [6.07, 6.45) is 1.21. The lowest BCUT2D eigenvalue weighted by molar-refractivity contribution is -0.130. The molecule has 9 heteroatoms. The number of nitrogens with zero attached hydrogens (tertiary/aromatic N) is 2. The maximum Gasteiger partial charge on any atom is 0.324 e. The van der Waals surface area contributed by atoms with Crippen molar-refractivity contribution in [2.75, 3.05) is 18.8 Å². The molecule has 1 aromatic heterocycles. The number of urea groups is 1. The van der Waals surface area contributed by atoms with Crippen molar-refractivity contribution in [3.8, 4) is 0 Å². The topological polar surface area (TPSA) is 117 Å². The first-order valence-corrected chi connectivity index (χ1v) is 7.97. The Labute approximate surface area is 132 Å². The summed E-state index contributed by atoms with van der Waals surface area (Å²) in [4.78, 5) is 40.7. The number of nitrogen functional groups attached to an aromatic ring is 1. The Hall–Kier alpha value is -2.16. The van der Waals surface area contributed by atoms with Crippen molar-refractivity contribution in [2.45, 2.75) is 32.2 Å². The van der Waals surface area contributed by atoms with Gasteiger partial charge in [0.1, 0.15) is 6.04 Å². The van der Waals surface area contributed by atoms with Crippen LogP contribution in [0.2, 0.25) is 0 Å². The van der Waals surface area contributed by atoms with Crippen LogP contribution >= 0.6 is 11.3 Å². The summed E-state index contributed by atoms with van der Waals surface area (Å²) in [5, 5.41) is 7.58. The summed E-state index contributed by atoms with van der Waals surface area (Å²) in [6.45, 7) is 2.66. The lowest BCUT2D eigenvalue weighted by Crippen LogP contribution is -2.37. The Morgan fingerprint density at radius 2 is 2.32 bits per heavy atom. The minimum atomic E-state index is -0.769. The molecule has 0 spiro atoms. The lowest BCUT2D eigenvalue weighted by Gasteiger charge is -2.11. The number of hydrogen-bond acceptors (Lipinski definition) is 6. The molecule has 0 radical (unpaired) electrons. The fourth-order valence-electron chi connectivity index (χ4n) is 2.18. The number of nitrogens with two attached hydrogens (primary N) is 1. The van der Waals surface area contributed by atoms with Gasteiger partial charge in [-0.05, 0) is 6.42 Å². The molecule has 8 nitrogen and oxygen atoms in total. The van der Waals surface area contributed by atoms with Gasteiger partial charge in [0.2, 0.25) is 5.91 Å². The molecule has 2 rings (SSSR count). The zero-order chi connectivity index (χ0) is 16.1. The maximum atomic E-state index is 12.0. The van der Waals surface area contributed by atoms with Gasteiger partial charge in [-0.2, -0.15) is 0 Å². The lowest BCUT2D eigenvalue weighted by atomic mass is 10.2. The van der Waals surface area contributed by atoms with E-state index >= 15 is 0 Å². The molecule has 1 aliphatic rings. The molecule has 22 heavy (non-hydrogen) atoms. The first-order chi connectivity index (χ1) is 10.5. The fraction of sp³-hybridized carbons (Fsp3) is 0.538. The Morgan fingerprint density at radius 1 is 1.55 bits per heavy atom. The highest BCUT2D eigenvalue weighted by atomic mass is 32.1. The van der Waals surface area contributed by atoms with Crippen LogP contribution in [0.15, 0.2) is 5.38 Å². The molecule has 1 aliphatic heterocycles. The highest BCUT2D eigenvalue weighted by Gasteiger charge is 2.38.